The van der Waals surface area contributed by atoms with Crippen molar-refractivity contribution in [1.29, 1.82) is 5.41 Å². The van der Waals surface area contributed by atoms with Crippen LogP contribution in [0.25, 0.3) is 33.4 Å². The predicted molar refractivity (Wildman–Crippen MR) is 111 cm³/mol. The molecule has 2 aromatic rings. The van der Waals surface area contributed by atoms with E-state index in [2.05, 4.69) is 0 Å². The summed E-state index contributed by atoms with van der Waals surface area (Å²) < 4.78 is 10.9. The molecular formula is C23H22N2O3. The number of carbonyl (C=O) groups excluding carboxylic acids is 1. The van der Waals surface area contributed by atoms with Crippen LogP contribution in [0.2, 0.25) is 0 Å². The number of methoxy groups -OCH3 is 1. The van der Waals surface area contributed by atoms with E-state index in [-0.39, 0.29) is 0 Å². The summed E-state index contributed by atoms with van der Waals surface area (Å²) in [5.74, 6) is 0.153. The minimum atomic E-state index is -0.407. The summed E-state index contributed by atoms with van der Waals surface area (Å²) in [5, 5.41) is 9.06. The van der Waals surface area contributed by atoms with Gasteiger partial charge in [0.2, 0.25) is 0 Å². The Morgan fingerprint density at radius 2 is 1.75 bits per heavy atom. The van der Waals surface area contributed by atoms with E-state index < -0.39 is 5.97 Å². The van der Waals surface area contributed by atoms with Crippen LogP contribution in [0.5, 0.6) is 0 Å². The van der Waals surface area contributed by atoms with Gasteiger partial charge in [0.25, 0.3) is 0 Å². The zero-order valence-corrected chi connectivity index (χ0v) is 16.1. The van der Waals surface area contributed by atoms with E-state index in [0.29, 0.717) is 28.0 Å². The first-order chi connectivity index (χ1) is 13.6. The highest BCUT2D eigenvalue weighted by molar-refractivity contribution is 6.08. The molecule has 0 unspecified atom stereocenters. The van der Waals surface area contributed by atoms with Crippen molar-refractivity contribution in [2.45, 2.75) is 13.8 Å². The normalized spacial score (nSPS) is 10.4. The van der Waals surface area contributed by atoms with E-state index in [0.717, 1.165) is 22.1 Å². The van der Waals surface area contributed by atoms with E-state index in [1.807, 2.05) is 38.1 Å². The quantitative estimate of drug-likeness (QED) is 0.291. The van der Waals surface area contributed by atoms with Crippen LogP contribution < -0.4 is 11.1 Å². The van der Waals surface area contributed by atoms with Crippen molar-refractivity contribution in [3.63, 3.8) is 0 Å². The van der Waals surface area contributed by atoms with Gasteiger partial charge in [0, 0.05) is 34.3 Å². The molecule has 0 amide bonds. The third-order valence-electron chi connectivity index (χ3n) is 4.35. The lowest BCUT2D eigenvalue weighted by molar-refractivity contribution is 0.0601. The van der Waals surface area contributed by atoms with Gasteiger partial charge < -0.3 is 20.3 Å². The Morgan fingerprint density at radius 3 is 2.50 bits per heavy atom. The number of hydrogen-bond donors (Lipinski definition) is 2. The third kappa shape index (κ3) is 3.34. The molecule has 0 fully saturated rings. The Hall–Kier alpha value is -3.60. The summed E-state index contributed by atoms with van der Waals surface area (Å²) in [6, 6.07) is 17.9. The molecule has 5 nitrogen and oxygen atoms in total. The van der Waals surface area contributed by atoms with Gasteiger partial charge in [-0.3, -0.25) is 0 Å². The standard InChI is InChI=1S/C21H16N2O3.C2H6/c1-25-21(24)15-5-3-2-4-14(15)20-16-8-6-12(22)10-18(16)26-19-11-13(23)7-9-17(19)20;1-2/h2-11,22H,23H2,1H3;1-2H3. The summed E-state index contributed by atoms with van der Waals surface area (Å²) in [6.45, 7) is 4.00. The van der Waals surface area contributed by atoms with Crippen molar-refractivity contribution in [2.75, 3.05) is 12.8 Å². The van der Waals surface area contributed by atoms with E-state index in [1.54, 1.807) is 36.4 Å². The summed E-state index contributed by atoms with van der Waals surface area (Å²) in [6.07, 6.45) is 0. The maximum atomic E-state index is 12.3. The zero-order valence-electron chi connectivity index (χ0n) is 16.1. The monoisotopic (exact) mass is 374 g/mol. The minimum Gasteiger partial charge on any atom is -0.465 e. The number of benzene rings is 3. The molecule has 1 aliphatic carbocycles. The maximum Gasteiger partial charge on any atom is 0.338 e. The second kappa shape index (κ2) is 7.96. The molecule has 1 aliphatic heterocycles. The lowest BCUT2D eigenvalue weighted by Gasteiger charge is -2.17. The van der Waals surface area contributed by atoms with Gasteiger partial charge in [0.15, 0.2) is 0 Å². The van der Waals surface area contributed by atoms with Gasteiger partial charge in [0.05, 0.1) is 18.0 Å². The molecule has 2 aliphatic rings. The molecular weight excluding hydrogens is 352 g/mol. The molecule has 0 spiro atoms. The molecule has 142 valence electrons. The van der Waals surface area contributed by atoms with Crippen LogP contribution in [0.1, 0.15) is 24.2 Å². The largest absolute Gasteiger partial charge is 0.465 e. The summed E-state index contributed by atoms with van der Waals surface area (Å²) in [4.78, 5) is 12.3. The van der Waals surface area contributed by atoms with Crippen LogP contribution in [0.15, 0.2) is 65.1 Å². The van der Waals surface area contributed by atoms with Crippen molar-refractivity contribution in [3.8, 4) is 22.5 Å². The SMILES string of the molecule is CC.COC(=O)c1ccccc1-c1c2ccc(=N)cc-2oc2cc(N)ccc12. The second-order valence-corrected chi connectivity index (χ2v) is 5.98. The summed E-state index contributed by atoms with van der Waals surface area (Å²) in [5.41, 5.74) is 9.96. The van der Waals surface area contributed by atoms with Crippen LogP contribution in [0, 0.1) is 5.41 Å². The Morgan fingerprint density at radius 1 is 1.00 bits per heavy atom. The molecule has 0 saturated heterocycles. The van der Waals surface area contributed by atoms with Gasteiger partial charge in [-0.2, -0.15) is 0 Å². The molecule has 0 aromatic heterocycles. The smallest absolute Gasteiger partial charge is 0.338 e. The number of nitrogens with two attached hydrogens (primary N) is 1. The summed E-state index contributed by atoms with van der Waals surface area (Å²) >= 11 is 0. The van der Waals surface area contributed by atoms with Crippen molar-refractivity contribution >= 4 is 22.6 Å². The molecule has 3 N–H and O–H groups in total. The first kappa shape index (κ1) is 19.2. The number of esters is 1. The highest BCUT2D eigenvalue weighted by Crippen LogP contribution is 2.41. The van der Waals surface area contributed by atoms with Crippen molar-refractivity contribution in [3.05, 3.63) is 71.6 Å². The van der Waals surface area contributed by atoms with Crippen LogP contribution in [-0.4, -0.2) is 13.1 Å². The highest BCUT2D eigenvalue weighted by atomic mass is 16.5. The molecule has 0 atom stereocenters. The zero-order chi connectivity index (χ0) is 20.3. The van der Waals surface area contributed by atoms with E-state index in [4.69, 9.17) is 20.3 Å². The first-order valence-corrected chi connectivity index (χ1v) is 9.07. The van der Waals surface area contributed by atoms with Crippen molar-refractivity contribution in [2.24, 2.45) is 0 Å². The molecule has 1 heterocycles. The number of anilines is 1. The van der Waals surface area contributed by atoms with E-state index in [9.17, 15) is 4.79 Å². The molecule has 0 radical (unpaired) electrons. The highest BCUT2D eigenvalue weighted by Gasteiger charge is 2.21. The Labute approximate surface area is 163 Å². The van der Waals surface area contributed by atoms with Gasteiger partial charge >= 0.3 is 5.97 Å². The van der Waals surface area contributed by atoms with Crippen LogP contribution in [0.3, 0.4) is 0 Å². The molecule has 28 heavy (non-hydrogen) atoms. The number of nitrogens with one attached hydrogen (secondary N) is 1. The first-order valence-electron chi connectivity index (χ1n) is 9.07. The fourth-order valence-corrected chi connectivity index (χ4v) is 3.19. The fourth-order valence-electron chi connectivity index (χ4n) is 3.19. The number of carbonyl (C=O) groups is 1. The van der Waals surface area contributed by atoms with Crippen LogP contribution in [-0.2, 0) is 4.74 Å². The molecule has 4 rings (SSSR count). The Bertz CT molecular complexity index is 1180. The average Bonchev–Trinajstić information content (AvgIpc) is 2.72. The van der Waals surface area contributed by atoms with Gasteiger partial charge in [-0.05, 0) is 35.9 Å². The number of nitrogen functional groups attached to an aromatic ring is 1. The molecule has 5 heteroatoms. The molecule has 0 bridgehead atoms. The Kier molecular flexibility index (Phi) is 5.45. The molecule has 2 aromatic carbocycles. The predicted octanol–water partition coefficient (Wildman–Crippen LogP) is 5.08. The molecule has 0 saturated carbocycles. The number of hydrogen-bond acceptors (Lipinski definition) is 5. The van der Waals surface area contributed by atoms with Gasteiger partial charge in [0.1, 0.15) is 11.3 Å². The van der Waals surface area contributed by atoms with Crippen molar-refractivity contribution < 1.29 is 13.9 Å². The lowest BCUT2D eigenvalue weighted by atomic mass is 9.91. The third-order valence-corrected chi connectivity index (χ3v) is 4.35. The summed E-state index contributed by atoms with van der Waals surface area (Å²) in [7, 11) is 1.36. The van der Waals surface area contributed by atoms with Gasteiger partial charge in [-0.25, -0.2) is 4.79 Å². The van der Waals surface area contributed by atoms with Gasteiger partial charge in [-0.1, -0.05) is 32.0 Å². The lowest BCUT2D eigenvalue weighted by Crippen LogP contribution is -2.05. The van der Waals surface area contributed by atoms with Crippen LogP contribution >= 0.6 is 0 Å². The minimum absolute atomic E-state index is 0.344. The van der Waals surface area contributed by atoms with Gasteiger partial charge in [-0.15, -0.1) is 0 Å². The van der Waals surface area contributed by atoms with Crippen LogP contribution in [0.4, 0.5) is 5.69 Å². The van der Waals surface area contributed by atoms with E-state index in [1.165, 1.54) is 7.11 Å². The van der Waals surface area contributed by atoms with Crippen molar-refractivity contribution in [1.82, 2.24) is 0 Å². The van der Waals surface area contributed by atoms with E-state index >= 15 is 0 Å². The number of fused-ring (bicyclic) bond motifs is 2. The fraction of sp³-hybridized carbons (Fsp3) is 0.130. The number of ether oxygens (including phenoxy) is 1. The Balaban J connectivity index is 0.00000109. The number of rotatable bonds is 2. The maximum absolute atomic E-state index is 12.3. The second-order valence-electron chi connectivity index (χ2n) is 5.98. The topological polar surface area (TPSA) is 89.3 Å². The average molecular weight is 374 g/mol.